The quantitative estimate of drug-likeness (QED) is 0.810. The number of hydrogen-bond acceptors (Lipinski definition) is 3. The van der Waals surface area contributed by atoms with E-state index in [0.717, 1.165) is 51.0 Å². The molecule has 2 rings (SSSR count). The van der Waals surface area contributed by atoms with E-state index < -0.39 is 5.97 Å². The SMILES string of the molecule is CCCOc1cccc(CNC2CCCC(C(=O)O)C2)c1. The topological polar surface area (TPSA) is 58.6 Å². The van der Waals surface area contributed by atoms with Gasteiger partial charge in [-0.2, -0.15) is 0 Å². The second-order valence-electron chi connectivity index (χ2n) is 5.78. The molecular weight excluding hydrogens is 266 g/mol. The summed E-state index contributed by atoms with van der Waals surface area (Å²) in [5.74, 6) is 0.0649. The molecule has 116 valence electrons. The highest BCUT2D eigenvalue weighted by Crippen LogP contribution is 2.25. The first-order valence-electron chi connectivity index (χ1n) is 7.87. The largest absolute Gasteiger partial charge is 0.494 e. The minimum atomic E-state index is -0.656. The van der Waals surface area contributed by atoms with Crippen molar-refractivity contribution in [3.63, 3.8) is 0 Å². The Morgan fingerprint density at radius 1 is 1.43 bits per heavy atom. The van der Waals surface area contributed by atoms with Gasteiger partial charge in [0.25, 0.3) is 0 Å². The van der Waals surface area contributed by atoms with Gasteiger partial charge in [-0.05, 0) is 43.4 Å². The van der Waals surface area contributed by atoms with Crippen molar-refractivity contribution >= 4 is 5.97 Å². The molecular formula is C17H25NO3. The molecule has 0 bridgehead atoms. The van der Waals surface area contributed by atoms with E-state index in [1.807, 2.05) is 12.1 Å². The third-order valence-electron chi connectivity index (χ3n) is 3.99. The lowest BCUT2D eigenvalue weighted by molar-refractivity contribution is -0.143. The average molecular weight is 291 g/mol. The molecule has 2 atom stereocenters. The standard InChI is InChI=1S/C17H25NO3/c1-2-9-21-16-8-3-5-13(10-16)12-18-15-7-4-6-14(11-15)17(19)20/h3,5,8,10,14-15,18H,2,4,6-7,9,11-12H2,1H3,(H,19,20). The van der Waals surface area contributed by atoms with Gasteiger partial charge in [-0.3, -0.25) is 4.79 Å². The first-order chi connectivity index (χ1) is 10.2. The smallest absolute Gasteiger partial charge is 0.306 e. The maximum Gasteiger partial charge on any atom is 0.306 e. The number of carbonyl (C=O) groups is 1. The van der Waals surface area contributed by atoms with Gasteiger partial charge >= 0.3 is 5.97 Å². The third-order valence-corrected chi connectivity index (χ3v) is 3.99. The van der Waals surface area contributed by atoms with Crippen LogP contribution in [0.1, 0.15) is 44.6 Å². The highest BCUT2D eigenvalue weighted by atomic mass is 16.5. The van der Waals surface area contributed by atoms with Gasteiger partial charge in [0.1, 0.15) is 5.75 Å². The first-order valence-corrected chi connectivity index (χ1v) is 7.87. The van der Waals surface area contributed by atoms with E-state index in [1.54, 1.807) is 0 Å². The highest BCUT2D eigenvalue weighted by Gasteiger charge is 2.26. The molecule has 1 aliphatic carbocycles. The van der Waals surface area contributed by atoms with Crippen LogP contribution in [0, 0.1) is 5.92 Å². The molecule has 1 saturated carbocycles. The van der Waals surface area contributed by atoms with Crippen LogP contribution in [0.25, 0.3) is 0 Å². The summed E-state index contributed by atoms with van der Waals surface area (Å²) in [6.45, 7) is 3.59. The monoisotopic (exact) mass is 291 g/mol. The summed E-state index contributed by atoms with van der Waals surface area (Å²) in [4.78, 5) is 11.1. The molecule has 1 aliphatic rings. The van der Waals surface area contributed by atoms with Crippen molar-refractivity contribution in [3.8, 4) is 5.75 Å². The number of nitrogens with one attached hydrogen (secondary N) is 1. The molecule has 1 aromatic carbocycles. The van der Waals surface area contributed by atoms with Crippen LogP contribution in [-0.4, -0.2) is 23.7 Å². The van der Waals surface area contributed by atoms with Crippen LogP contribution in [0.3, 0.4) is 0 Å². The van der Waals surface area contributed by atoms with Crippen LogP contribution >= 0.6 is 0 Å². The number of carboxylic acid groups (broad SMARTS) is 1. The summed E-state index contributed by atoms with van der Waals surface area (Å²) in [6.07, 6.45) is 4.61. The molecule has 1 fully saturated rings. The van der Waals surface area contributed by atoms with E-state index in [0.29, 0.717) is 6.04 Å². The minimum Gasteiger partial charge on any atom is -0.494 e. The molecule has 0 aromatic heterocycles. The third kappa shape index (κ3) is 5.05. The Kier molecular flexibility index (Phi) is 6.05. The summed E-state index contributed by atoms with van der Waals surface area (Å²) in [5, 5.41) is 12.6. The molecule has 4 heteroatoms. The van der Waals surface area contributed by atoms with Crippen molar-refractivity contribution in [2.75, 3.05) is 6.61 Å². The molecule has 0 spiro atoms. The Balaban J connectivity index is 1.83. The highest BCUT2D eigenvalue weighted by molar-refractivity contribution is 5.70. The molecule has 0 radical (unpaired) electrons. The summed E-state index contributed by atoms with van der Waals surface area (Å²) in [6, 6.07) is 8.41. The predicted molar refractivity (Wildman–Crippen MR) is 82.4 cm³/mol. The van der Waals surface area contributed by atoms with Crippen molar-refractivity contribution in [3.05, 3.63) is 29.8 Å². The van der Waals surface area contributed by atoms with Crippen LogP contribution in [0.4, 0.5) is 0 Å². The molecule has 21 heavy (non-hydrogen) atoms. The zero-order valence-electron chi connectivity index (χ0n) is 12.7. The number of carboxylic acids is 1. The Hall–Kier alpha value is -1.55. The summed E-state index contributed by atoms with van der Waals surface area (Å²) in [5.41, 5.74) is 1.18. The van der Waals surface area contributed by atoms with Gasteiger partial charge in [-0.15, -0.1) is 0 Å². The van der Waals surface area contributed by atoms with Gasteiger partial charge in [0.15, 0.2) is 0 Å². The van der Waals surface area contributed by atoms with E-state index in [2.05, 4.69) is 24.4 Å². The van der Waals surface area contributed by atoms with Crippen LogP contribution in [0.2, 0.25) is 0 Å². The lowest BCUT2D eigenvalue weighted by atomic mass is 9.86. The van der Waals surface area contributed by atoms with Crippen molar-refractivity contribution in [2.24, 2.45) is 5.92 Å². The number of benzene rings is 1. The Morgan fingerprint density at radius 3 is 3.05 bits per heavy atom. The maximum atomic E-state index is 11.1. The molecule has 0 saturated heterocycles. The summed E-state index contributed by atoms with van der Waals surface area (Å²) < 4.78 is 5.63. The second-order valence-corrected chi connectivity index (χ2v) is 5.78. The van der Waals surface area contributed by atoms with E-state index in [4.69, 9.17) is 9.84 Å². The number of ether oxygens (including phenoxy) is 1. The zero-order valence-corrected chi connectivity index (χ0v) is 12.7. The van der Waals surface area contributed by atoms with Crippen LogP contribution in [0.5, 0.6) is 5.75 Å². The molecule has 2 unspecified atom stereocenters. The fraction of sp³-hybridized carbons (Fsp3) is 0.588. The van der Waals surface area contributed by atoms with Gasteiger partial charge in [-0.1, -0.05) is 25.5 Å². The van der Waals surface area contributed by atoms with Gasteiger partial charge < -0.3 is 15.2 Å². The zero-order chi connectivity index (χ0) is 15.1. The number of rotatable bonds is 7. The van der Waals surface area contributed by atoms with Crippen molar-refractivity contribution in [1.29, 1.82) is 0 Å². The predicted octanol–water partition coefficient (Wildman–Crippen LogP) is 3.21. The van der Waals surface area contributed by atoms with Crippen molar-refractivity contribution < 1.29 is 14.6 Å². The van der Waals surface area contributed by atoms with E-state index >= 15 is 0 Å². The van der Waals surface area contributed by atoms with Gasteiger partial charge in [0, 0.05) is 12.6 Å². The van der Waals surface area contributed by atoms with E-state index in [1.165, 1.54) is 5.56 Å². The van der Waals surface area contributed by atoms with Crippen molar-refractivity contribution in [1.82, 2.24) is 5.32 Å². The summed E-state index contributed by atoms with van der Waals surface area (Å²) >= 11 is 0. The van der Waals surface area contributed by atoms with Crippen LogP contribution < -0.4 is 10.1 Å². The molecule has 0 amide bonds. The first kappa shape index (κ1) is 15.8. The maximum absolute atomic E-state index is 11.1. The molecule has 1 aromatic rings. The fourth-order valence-electron chi connectivity index (χ4n) is 2.83. The Bertz CT molecular complexity index is 461. The summed E-state index contributed by atoms with van der Waals surface area (Å²) in [7, 11) is 0. The average Bonchev–Trinajstić information content (AvgIpc) is 2.51. The number of aliphatic carboxylic acids is 1. The fourth-order valence-corrected chi connectivity index (χ4v) is 2.83. The molecule has 4 nitrogen and oxygen atoms in total. The lowest BCUT2D eigenvalue weighted by Crippen LogP contribution is -2.36. The molecule has 2 N–H and O–H groups in total. The van der Waals surface area contributed by atoms with E-state index in [9.17, 15) is 4.79 Å². The molecule has 0 heterocycles. The van der Waals surface area contributed by atoms with Gasteiger partial charge in [0.05, 0.1) is 12.5 Å². The normalized spacial score (nSPS) is 22.0. The second kappa shape index (κ2) is 8.03. The van der Waals surface area contributed by atoms with Gasteiger partial charge in [-0.25, -0.2) is 0 Å². The Labute approximate surface area is 126 Å². The van der Waals surface area contributed by atoms with Crippen LogP contribution in [0.15, 0.2) is 24.3 Å². The van der Waals surface area contributed by atoms with E-state index in [-0.39, 0.29) is 5.92 Å². The van der Waals surface area contributed by atoms with Gasteiger partial charge in [0.2, 0.25) is 0 Å². The minimum absolute atomic E-state index is 0.185. The van der Waals surface area contributed by atoms with Crippen LogP contribution in [-0.2, 0) is 11.3 Å². The van der Waals surface area contributed by atoms with Crippen molar-refractivity contribution in [2.45, 2.75) is 51.6 Å². The Morgan fingerprint density at radius 2 is 2.29 bits per heavy atom. The lowest BCUT2D eigenvalue weighted by Gasteiger charge is -2.27. The number of hydrogen-bond donors (Lipinski definition) is 2. The molecule has 0 aliphatic heterocycles.